The maximum absolute atomic E-state index is 12.1. The smallest absolute Gasteiger partial charge is 0.263 e. The zero-order valence-corrected chi connectivity index (χ0v) is 10.8. The molecule has 0 fully saturated rings. The Balaban J connectivity index is 3.11. The van der Waals surface area contributed by atoms with Gasteiger partial charge in [0, 0.05) is 12.7 Å². The van der Waals surface area contributed by atoms with Gasteiger partial charge < -0.3 is 10.3 Å². The molecule has 4 nitrogen and oxygen atoms in total. The van der Waals surface area contributed by atoms with Gasteiger partial charge in [-0.25, -0.2) is 0 Å². The molecular weight excluding hydrogens is 228 g/mol. The number of nitrogens with two attached hydrogens (primary N) is 1. The summed E-state index contributed by atoms with van der Waals surface area (Å²) in [6.45, 7) is 6.07. The lowest BCUT2D eigenvalue weighted by molar-refractivity contribution is 0.0997. The third kappa shape index (κ3) is 3.32. The van der Waals surface area contributed by atoms with E-state index in [1.54, 1.807) is 18.3 Å². The van der Waals surface area contributed by atoms with E-state index in [2.05, 4.69) is 13.5 Å². The molecule has 1 amide bonds. The number of amides is 1. The van der Waals surface area contributed by atoms with Crippen LogP contribution in [0.5, 0.6) is 0 Å². The molecule has 0 saturated carbocycles. The first kappa shape index (κ1) is 14.2. The number of aromatic nitrogens is 1. The van der Waals surface area contributed by atoms with Crippen LogP contribution in [0.15, 0.2) is 29.7 Å². The number of hydrogen-bond acceptors (Lipinski definition) is 2. The normalized spacial score (nSPS) is 10.3. The fourth-order valence-corrected chi connectivity index (χ4v) is 1.93. The molecule has 0 unspecified atom stereocenters. The minimum absolute atomic E-state index is 0.121. The van der Waals surface area contributed by atoms with E-state index < -0.39 is 5.91 Å². The Morgan fingerprint density at radius 3 is 2.78 bits per heavy atom. The number of aryl methyl sites for hydroxylation is 1. The summed E-state index contributed by atoms with van der Waals surface area (Å²) in [5, 5.41) is 0. The van der Waals surface area contributed by atoms with Gasteiger partial charge in [-0.05, 0) is 24.5 Å². The van der Waals surface area contributed by atoms with Crippen LogP contribution < -0.4 is 11.3 Å². The first-order valence-electron chi connectivity index (χ1n) is 6.24. The van der Waals surface area contributed by atoms with Crippen LogP contribution in [0.2, 0.25) is 0 Å². The topological polar surface area (TPSA) is 65.1 Å². The number of nitrogens with zero attached hydrogens (tertiary/aromatic N) is 1. The highest BCUT2D eigenvalue weighted by Crippen LogP contribution is 2.09. The largest absolute Gasteiger partial charge is 0.365 e. The van der Waals surface area contributed by atoms with E-state index in [0.29, 0.717) is 6.54 Å². The lowest BCUT2D eigenvalue weighted by atomic mass is 10.0. The molecule has 1 heterocycles. The summed E-state index contributed by atoms with van der Waals surface area (Å²) >= 11 is 0. The predicted octanol–water partition coefficient (Wildman–Crippen LogP) is 1.87. The molecule has 0 aromatic carbocycles. The SMILES string of the molecule is C=CCn1ccc(CCCCC)c(C(N)=O)c1=O. The molecule has 0 aliphatic carbocycles. The van der Waals surface area contributed by atoms with E-state index in [1.807, 2.05) is 0 Å². The number of hydrogen-bond donors (Lipinski definition) is 1. The molecule has 18 heavy (non-hydrogen) atoms. The van der Waals surface area contributed by atoms with Gasteiger partial charge in [0.05, 0.1) is 0 Å². The van der Waals surface area contributed by atoms with E-state index in [0.717, 1.165) is 31.2 Å². The zero-order chi connectivity index (χ0) is 13.5. The lowest BCUT2D eigenvalue weighted by Gasteiger charge is -2.09. The van der Waals surface area contributed by atoms with Crippen molar-refractivity contribution in [2.75, 3.05) is 0 Å². The Bertz CT molecular complexity index is 489. The van der Waals surface area contributed by atoms with Crippen molar-refractivity contribution in [2.45, 2.75) is 39.2 Å². The molecule has 0 radical (unpaired) electrons. The Morgan fingerprint density at radius 2 is 2.22 bits per heavy atom. The van der Waals surface area contributed by atoms with Crippen molar-refractivity contribution < 1.29 is 4.79 Å². The second-order valence-corrected chi connectivity index (χ2v) is 4.28. The molecule has 1 rings (SSSR count). The number of pyridine rings is 1. The Morgan fingerprint density at radius 1 is 1.50 bits per heavy atom. The summed E-state index contributed by atoms with van der Waals surface area (Å²) in [6.07, 6.45) is 7.16. The molecule has 98 valence electrons. The molecule has 0 bridgehead atoms. The average Bonchev–Trinajstić information content (AvgIpc) is 2.32. The van der Waals surface area contributed by atoms with E-state index in [-0.39, 0.29) is 11.1 Å². The summed E-state index contributed by atoms with van der Waals surface area (Å²) in [5.74, 6) is -0.648. The summed E-state index contributed by atoms with van der Waals surface area (Å²) in [5.41, 5.74) is 5.86. The van der Waals surface area contributed by atoms with E-state index >= 15 is 0 Å². The van der Waals surface area contributed by atoms with Crippen LogP contribution in [0, 0.1) is 0 Å². The summed E-state index contributed by atoms with van der Waals surface area (Å²) < 4.78 is 1.44. The lowest BCUT2D eigenvalue weighted by Crippen LogP contribution is -2.31. The molecule has 1 aromatic heterocycles. The highest BCUT2D eigenvalue weighted by Gasteiger charge is 2.14. The van der Waals surface area contributed by atoms with Gasteiger partial charge in [-0.1, -0.05) is 25.8 Å². The third-order valence-corrected chi connectivity index (χ3v) is 2.87. The van der Waals surface area contributed by atoms with Crippen molar-refractivity contribution in [3.8, 4) is 0 Å². The minimum atomic E-state index is -0.648. The van der Waals surface area contributed by atoms with Crippen LogP contribution >= 0.6 is 0 Å². The van der Waals surface area contributed by atoms with Crippen molar-refractivity contribution in [1.82, 2.24) is 4.57 Å². The first-order chi connectivity index (χ1) is 8.61. The van der Waals surface area contributed by atoms with Crippen molar-refractivity contribution in [1.29, 1.82) is 0 Å². The molecule has 0 saturated heterocycles. The maximum atomic E-state index is 12.1. The van der Waals surface area contributed by atoms with Crippen LogP contribution in [0.25, 0.3) is 0 Å². The fourth-order valence-electron chi connectivity index (χ4n) is 1.93. The summed E-state index contributed by atoms with van der Waals surface area (Å²) in [6, 6.07) is 1.81. The first-order valence-corrected chi connectivity index (χ1v) is 6.24. The number of carbonyl (C=O) groups is 1. The Kier molecular flexibility index (Phi) is 5.36. The Labute approximate surface area is 107 Å². The second-order valence-electron chi connectivity index (χ2n) is 4.28. The molecule has 0 atom stereocenters. The fraction of sp³-hybridized carbons (Fsp3) is 0.429. The molecular formula is C14H20N2O2. The molecule has 4 heteroatoms. The molecule has 1 aromatic rings. The average molecular weight is 248 g/mol. The number of carbonyl (C=O) groups excluding carboxylic acids is 1. The van der Waals surface area contributed by atoms with Gasteiger partial charge in [0.25, 0.3) is 11.5 Å². The highest BCUT2D eigenvalue weighted by atomic mass is 16.2. The third-order valence-electron chi connectivity index (χ3n) is 2.87. The highest BCUT2D eigenvalue weighted by molar-refractivity contribution is 5.93. The maximum Gasteiger partial charge on any atom is 0.263 e. The summed E-state index contributed by atoms with van der Waals surface area (Å²) in [7, 11) is 0. The number of primary amides is 1. The number of unbranched alkanes of at least 4 members (excludes halogenated alkanes) is 2. The standard InChI is InChI=1S/C14H20N2O2/c1-3-5-6-7-11-8-10-16(9-4-2)14(18)12(11)13(15)17/h4,8,10H,2-3,5-7,9H2,1H3,(H2,15,17). The van der Waals surface area contributed by atoms with Crippen LogP contribution in [-0.4, -0.2) is 10.5 Å². The monoisotopic (exact) mass is 248 g/mol. The predicted molar refractivity (Wildman–Crippen MR) is 72.6 cm³/mol. The van der Waals surface area contributed by atoms with Crippen molar-refractivity contribution in [2.24, 2.45) is 5.73 Å². The van der Waals surface area contributed by atoms with Crippen LogP contribution in [0.3, 0.4) is 0 Å². The van der Waals surface area contributed by atoms with Crippen LogP contribution in [0.4, 0.5) is 0 Å². The van der Waals surface area contributed by atoms with Gasteiger partial charge in [0.2, 0.25) is 0 Å². The van der Waals surface area contributed by atoms with Gasteiger partial charge in [0.1, 0.15) is 5.56 Å². The van der Waals surface area contributed by atoms with Crippen molar-refractivity contribution in [3.63, 3.8) is 0 Å². The number of allylic oxidation sites excluding steroid dienone is 1. The van der Waals surface area contributed by atoms with Crippen molar-refractivity contribution in [3.05, 3.63) is 46.4 Å². The molecule has 0 aliphatic heterocycles. The molecule has 0 aliphatic rings. The van der Waals surface area contributed by atoms with Gasteiger partial charge >= 0.3 is 0 Å². The van der Waals surface area contributed by atoms with Crippen LogP contribution in [-0.2, 0) is 13.0 Å². The second kappa shape index (κ2) is 6.79. The van der Waals surface area contributed by atoms with Gasteiger partial charge in [-0.2, -0.15) is 0 Å². The Hall–Kier alpha value is -1.84. The van der Waals surface area contributed by atoms with Gasteiger partial charge in [-0.3, -0.25) is 9.59 Å². The zero-order valence-electron chi connectivity index (χ0n) is 10.8. The molecule has 0 spiro atoms. The van der Waals surface area contributed by atoms with E-state index in [1.165, 1.54) is 4.57 Å². The van der Waals surface area contributed by atoms with Gasteiger partial charge in [0.15, 0.2) is 0 Å². The van der Waals surface area contributed by atoms with Gasteiger partial charge in [-0.15, -0.1) is 6.58 Å². The quantitative estimate of drug-likeness (QED) is 0.591. The van der Waals surface area contributed by atoms with E-state index in [9.17, 15) is 9.59 Å². The summed E-state index contributed by atoms with van der Waals surface area (Å²) in [4.78, 5) is 23.5. The van der Waals surface area contributed by atoms with Crippen molar-refractivity contribution >= 4 is 5.91 Å². The van der Waals surface area contributed by atoms with Crippen LogP contribution in [0.1, 0.15) is 42.1 Å². The minimum Gasteiger partial charge on any atom is -0.365 e. The number of rotatable bonds is 7. The molecule has 2 N–H and O–H groups in total. The van der Waals surface area contributed by atoms with E-state index in [4.69, 9.17) is 5.73 Å².